The Morgan fingerprint density at radius 2 is 2.14 bits per heavy atom. The van der Waals surface area contributed by atoms with Gasteiger partial charge in [-0.3, -0.25) is 0 Å². The molecule has 0 aromatic carbocycles. The molecule has 0 N–H and O–H groups in total. The van der Waals surface area contributed by atoms with Gasteiger partial charge >= 0.3 is 6.09 Å². The molecule has 4 heteroatoms. The quantitative estimate of drug-likeness (QED) is 0.605. The predicted octanol–water partition coefficient (Wildman–Crippen LogP) is 2.36. The molecule has 0 aromatic rings. The van der Waals surface area contributed by atoms with E-state index in [4.69, 9.17) is 4.74 Å². The molecule has 1 heterocycles. The van der Waals surface area contributed by atoms with E-state index in [2.05, 4.69) is 0 Å². The number of hydrogen-bond acceptors (Lipinski definition) is 2. The van der Waals surface area contributed by atoms with E-state index < -0.39 is 17.9 Å². The Labute approximate surface area is 84.2 Å². The average Bonchev–Trinajstić information content (AvgIpc) is 2.01. The van der Waals surface area contributed by atoms with Gasteiger partial charge in [0.25, 0.3) is 0 Å². The maximum atomic E-state index is 13.0. The molecule has 1 atom stereocenters. The van der Waals surface area contributed by atoms with Crippen LogP contribution in [0.3, 0.4) is 0 Å². The number of amides is 1. The molecule has 0 aromatic heterocycles. The maximum absolute atomic E-state index is 13.0. The molecule has 0 spiro atoms. The lowest BCUT2D eigenvalue weighted by atomic mass is 10.1. The minimum absolute atomic E-state index is 0.176. The van der Waals surface area contributed by atoms with Gasteiger partial charge in [0.1, 0.15) is 11.8 Å². The van der Waals surface area contributed by atoms with E-state index >= 15 is 0 Å². The summed E-state index contributed by atoms with van der Waals surface area (Å²) in [6.45, 7) is 6.20. The summed E-state index contributed by atoms with van der Waals surface area (Å²) in [5.41, 5.74) is -0.500. The van der Waals surface area contributed by atoms with Crippen molar-refractivity contribution in [2.75, 3.05) is 13.1 Å². The summed E-state index contributed by atoms with van der Waals surface area (Å²) < 4.78 is 18.1. The standard InChI is InChI=1S/C10H18FNO2/c1-10(2,3)14-9(13)12-6-4-5-8(11)7-12/h8H,4-7H2,1-3H3. The number of alkyl halides is 1. The van der Waals surface area contributed by atoms with Gasteiger partial charge in [-0.05, 0) is 33.6 Å². The first-order valence-corrected chi connectivity index (χ1v) is 5.00. The largest absolute Gasteiger partial charge is 0.444 e. The van der Waals surface area contributed by atoms with Crippen molar-refractivity contribution in [1.82, 2.24) is 4.90 Å². The van der Waals surface area contributed by atoms with Gasteiger partial charge in [0, 0.05) is 6.54 Å². The number of carbonyl (C=O) groups excluding carboxylic acids is 1. The van der Waals surface area contributed by atoms with Crippen molar-refractivity contribution in [3.63, 3.8) is 0 Å². The van der Waals surface area contributed by atoms with Crippen LogP contribution in [0.2, 0.25) is 0 Å². The molecule has 1 rings (SSSR count). The van der Waals surface area contributed by atoms with E-state index in [9.17, 15) is 9.18 Å². The minimum atomic E-state index is -0.892. The fourth-order valence-corrected chi connectivity index (χ4v) is 1.42. The molecule has 1 amide bonds. The second-order valence-electron chi connectivity index (χ2n) is 4.67. The first kappa shape index (κ1) is 11.3. The predicted molar refractivity (Wildman–Crippen MR) is 51.9 cm³/mol. The van der Waals surface area contributed by atoms with Crippen LogP contribution in [0.4, 0.5) is 9.18 Å². The van der Waals surface area contributed by atoms with Crippen LogP contribution in [-0.4, -0.2) is 35.9 Å². The van der Waals surface area contributed by atoms with Gasteiger partial charge in [-0.1, -0.05) is 0 Å². The van der Waals surface area contributed by atoms with Crippen molar-refractivity contribution in [1.29, 1.82) is 0 Å². The molecule has 14 heavy (non-hydrogen) atoms. The van der Waals surface area contributed by atoms with Crippen LogP contribution < -0.4 is 0 Å². The number of nitrogens with zero attached hydrogens (tertiary/aromatic N) is 1. The van der Waals surface area contributed by atoms with Gasteiger partial charge in [-0.2, -0.15) is 0 Å². The molecule has 0 saturated carbocycles. The number of piperidine rings is 1. The molecule has 1 aliphatic heterocycles. The van der Waals surface area contributed by atoms with Crippen molar-refractivity contribution in [3.8, 4) is 0 Å². The summed E-state index contributed by atoms with van der Waals surface area (Å²) in [5, 5.41) is 0. The highest BCUT2D eigenvalue weighted by atomic mass is 19.1. The Bertz CT molecular complexity index is 213. The van der Waals surface area contributed by atoms with Crippen LogP contribution >= 0.6 is 0 Å². The van der Waals surface area contributed by atoms with E-state index in [0.717, 1.165) is 6.42 Å². The minimum Gasteiger partial charge on any atom is -0.444 e. The van der Waals surface area contributed by atoms with Crippen molar-refractivity contribution < 1.29 is 13.9 Å². The monoisotopic (exact) mass is 203 g/mol. The van der Waals surface area contributed by atoms with E-state index in [0.29, 0.717) is 13.0 Å². The number of ether oxygens (including phenoxy) is 1. The van der Waals surface area contributed by atoms with Gasteiger partial charge in [0.2, 0.25) is 0 Å². The third kappa shape index (κ3) is 3.52. The normalized spacial score (nSPS) is 23.4. The van der Waals surface area contributed by atoms with Gasteiger partial charge in [-0.25, -0.2) is 9.18 Å². The summed E-state index contributed by atoms with van der Waals surface area (Å²) in [6, 6.07) is 0. The van der Waals surface area contributed by atoms with Gasteiger partial charge in [-0.15, -0.1) is 0 Å². The van der Waals surface area contributed by atoms with Crippen LogP contribution in [0, 0.1) is 0 Å². The molecule has 0 aliphatic carbocycles. The van der Waals surface area contributed by atoms with Crippen LogP contribution in [0.1, 0.15) is 33.6 Å². The van der Waals surface area contributed by atoms with Crippen molar-refractivity contribution in [2.24, 2.45) is 0 Å². The van der Waals surface area contributed by atoms with Gasteiger partial charge < -0.3 is 9.64 Å². The van der Waals surface area contributed by atoms with E-state index in [1.54, 1.807) is 0 Å². The van der Waals surface area contributed by atoms with Crippen molar-refractivity contribution in [3.05, 3.63) is 0 Å². The molecule has 1 saturated heterocycles. The smallest absolute Gasteiger partial charge is 0.410 e. The highest BCUT2D eigenvalue weighted by Crippen LogP contribution is 2.16. The lowest BCUT2D eigenvalue weighted by molar-refractivity contribution is 0.0139. The SMILES string of the molecule is CC(C)(C)OC(=O)N1CCCC(F)C1. The Kier molecular flexibility index (Phi) is 3.34. The highest BCUT2D eigenvalue weighted by molar-refractivity contribution is 5.68. The molecule has 1 unspecified atom stereocenters. The van der Waals surface area contributed by atoms with E-state index in [1.807, 2.05) is 20.8 Å². The molecule has 82 valence electrons. The van der Waals surface area contributed by atoms with Gasteiger partial charge in [0.05, 0.1) is 6.54 Å². The number of likely N-dealkylation sites (tertiary alicyclic amines) is 1. The summed E-state index contributed by atoms with van der Waals surface area (Å²) in [6.07, 6.45) is -0.0178. The van der Waals surface area contributed by atoms with Crippen molar-refractivity contribution >= 4 is 6.09 Å². The maximum Gasteiger partial charge on any atom is 0.410 e. The molecule has 1 aliphatic rings. The molecule has 0 radical (unpaired) electrons. The first-order valence-electron chi connectivity index (χ1n) is 5.00. The van der Waals surface area contributed by atoms with Crippen LogP contribution in [-0.2, 0) is 4.74 Å². The fraction of sp³-hybridized carbons (Fsp3) is 0.900. The summed E-state index contributed by atoms with van der Waals surface area (Å²) in [4.78, 5) is 12.9. The lowest BCUT2D eigenvalue weighted by Crippen LogP contribution is -2.43. The lowest BCUT2D eigenvalue weighted by Gasteiger charge is -2.31. The van der Waals surface area contributed by atoms with E-state index in [-0.39, 0.29) is 6.54 Å². The van der Waals surface area contributed by atoms with Crippen molar-refractivity contribution in [2.45, 2.75) is 45.4 Å². The zero-order valence-corrected chi connectivity index (χ0v) is 9.05. The molecule has 1 fully saturated rings. The fourth-order valence-electron chi connectivity index (χ4n) is 1.42. The topological polar surface area (TPSA) is 29.5 Å². The van der Waals surface area contributed by atoms with Crippen LogP contribution in [0.25, 0.3) is 0 Å². The zero-order chi connectivity index (χ0) is 10.8. The third-order valence-electron chi connectivity index (χ3n) is 2.02. The highest BCUT2D eigenvalue weighted by Gasteiger charge is 2.27. The van der Waals surface area contributed by atoms with Gasteiger partial charge in [0.15, 0.2) is 0 Å². The second-order valence-corrected chi connectivity index (χ2v) is 4.67. The number of rotatable bonds is 0. The van der Waals surface area contributed by atoms with Crippen LogP contribution in [0.15, 0.2) is 0 Å². The van der Waals surface area contributed by atoms with E-state index in [1.165, 1.54) is 4.90 Å². The Morgan fingerprint density at radius 3 is 2.64 bits per heavy atom. The zero-order valence-electron chi connectivity index (χ0n) is 9.05. The summed E-state index contributed by atoms with van der Waals surface area (Å²) in [5.74, 6) is 0. The molecular weight excluding hydrogens is 185 g/mol. The Morgan fingerprint density at radius 1 is 1.50 bits per heavy atom. The summed E-state index contributed by atoms with van der Waals surface area (Å²) in [7, 11) is 0. The van der Waals surface area contributed by atoms with Crippen LogP contribution in [0.5, 0.6) is 0 Å². The molecule has 0 bridgehead atoms. The number of halogens is 1. The molecular formula is C10H18FNO2. The molecule has 3 nitrogen and oxygen atoms in total. The summed E-state index contributed by atoms with van der Waals surface area (Å²) >= 11 is 0. The Hall–Kier alpha value is -0.800. The Balaban J connectivity index is 2.44. The number of carbonyl (C=O) groups is 1. The number of hydrogen-bond donors (Lipinski definition) is 0. The first-order chi connectivity index (χ1) is 6.38. The average molecular weight is 203 g/mol. The third-order valence-corrected chi connectivity index (χ3v) is 2.02. The second kappa shape index (κ2) is 4.15.